The smallest absolute Gasteiger partial charge is 0.164 e. The van der Waals surface area contributed by atoms with Gasteiger partial charge in [-0.25, -0.2) is 15.0 Å². The summed E-state index contributed by atoms with van der Waals surface area (Å²) >= 11 is 0. The summed E-state index contributed by atoms with van der Waals surface area (Å²) in [5, 5.41) is 7.79. The highest BCUT2D eigenvalue weighted by Crippen LogP contribution is 2.38. The van der Waals surface area contributed by atoms with Crippen molar-refractivity contribution in [2.24, 2.45) is 0 Å². The van der Waals surface area contributed by atoms with Gasteiger partial charge in [0.25, 0.3) is 0 Å². The molecular weight excluding hydrogens is 528 g/mol. The highest BCUT2D eigenvalue weighted by molar-refractivity contribution is 6.15. The Morgan fingerprint density at radius 1 is 0.442 bits per heavy atom. The zero-order valence-corrected chi connectivity index (χ0v) is 22.9. The molecule has 0 saturated heterocycles. The summed E-state index contributed by atoms with van der Waals surface area (Å²) in [6.45, 7) is 0. The van der Waals surface area contributed by atoms with Gasteiger partial charge in [0.15, 0.2) is 17.5 Å². The van der Waals surface area contributed by atoms with E-state index in [0.717, 1.165) is 49.5 Å². The summed E-state index contributed by atoms with van der Waals surface area (Å²) < 4.78 is 6.33. The van der Waals surface area contributed by atoms with E-state index in [-0.39, 0.29) is 0 Å². The van der Waals surface area contributed by atoms with Crippen LogP contribution in [0.3, 0.4) is 0 Å². The summed E-state index contributed by atoms with van der Waals surface area (Å²) in [5.74, 6) is 1.85. The number of aromatic nitrogens is 4. The number of furan rings is 1. The van der Waals surface area contributed by atoms with E-state index in [2.05, 4.69) is 77.8 Å². The van der Waals surface area contributed by atoms with Gasteiger partial charge in [-0.2, -0.15) is 0 Å². The first kappa shape index (κ1) is 23.7. The number of nitrogens with zero attached hydrogens (tertiary/aromatic N) is 4. The Balaban J connectivity index is 1.32. The lowest BCUT2D eigenvalue weighted by Gasteiger charge is -2.10. The molecule has 0 atom stereocenters. The molecule has 0 N–H and O–H groups in total. The quantitative estimate of drug-likeness (QED) is 0.205. The molecule has 0 radical (unpaired) electrons. The highest BCUT2D eigenvalue weighted by atomic mass is 16.3. The van der Waals surface area contributed by atoms with E-state index in [1.165, 1.54) is 21.5 Å². The molecule has 0 fully saturated rings. The number of hydrogen-bond donors (Lipinski definition) is 0. The average Bonchev–Trinajstić information content (AvgIpc) is 3.44. The largest absolute Gasteiger partial charge is 0.456 e. The fraction of sp³-hybridized carbons (Fsp3) is 0. The molecule has 200 valence electrons. The predicted octanol–water partition coefficient (Wildman–Crippen LogP) is 9.63. The Morgan fingerprint density at radius 2 is 1.19 bits per heavy atom. The van der Waals surface area contributed by atoms with Gasteiger partial charge in [0, 0.05) is 45.1 Å². The number of rotatable bonds is 3. The van der Waals surface area contributed by atoms with E-state index < -0.39 is 0 Å². The number of fused-ring (bicyclic) bond motifs is 7. The third-order valence-corrected chi connectivity index (χ3v) is 8.13. The van der Waals surface area contributed by atoms with E-state index in [1.54, 1.807) is 6.20 Å². The minimum atomic E-state index is 0.599. The van der Waals surface area contributed by atoms with Gasteiger partial charge in [-0.15, -0.1) is 0 Å². The SMILES string of the molecule is c1ccc(-c2nc(-c3ccc4ccc5ccccc5c4c3)nc(-c3cccc4oc5cc6ncccc6cc5c34)n2)cc1. The van der Waals surface area contributed by atoms with Crippen molar-refractivity contribution in [1.29, 1.82) is 0 Å². The normalized spacial score (nSPS) is 11.7. The molecule has 0 aliphatic carbocycles. The molecule has 0 aliphatic heterocycles. The zero-order chi connectivity index (χ0) is 28.3. The van der Waals surface area contributed by atoms with Crippen LogP contribution in [-0.4, -0.2) is 19.9 Å². The Morgan fingerprint density at radius 3 is 2.09 bits per heavy atom. The summed E-state index contributed by atoms with van der Waals surface area (Å²) in [4.78, 5) is 19.7. The second kappa shape index (κ2) is 9.29. The molecule has 6 aromatic carbocycles. The molecule has 0 amide bonds. The maximum atomic E-state index is 6.33. The number of pyridine rings is 1. The van der Waals surface area contributed by atoms with Gasteiger partial charge in [-0.3, -0.25) is 4.98 Å². The van der Waals surface area contributed by atoms with Crippen LogP contribution in [0.2, 0.25) is 0 Å². The summed E-state index contributed by atoms with van der Waals surface area (Å²) in [5.41, 5.74) is 5.22. The van der Waals surface area contributed by atoms with E-state index in [4.69, 9.17) is 19.4 Å². The number of benzene rings is 6. The molecule has 5 nitrogen and oxygen atoms in total. The fourth-order valence-electron chi connectivity index (χ4n) is 6.06. The van der Waals surface area contributed by atoms with E-state index >= 15 is 0 Å². The van der Waals surface area contributed by atoms with Crippen LogP contribution in [0.25, 0.3) is 88.5 Å². The second-order valence-corrected chi connectivity index (χ2v) is 10.7. The molecule has 5 heteroatoms. The van der Waals surface area contributed by atoms with Gasteiger partial charge < -0.3 is 4.42 Å². The maximum Gasteiger partial charge on any atom is 0.164 e. The van der Waals surface area contributed by atoms with Gasteiger partial charge in [0.2, 0.25) is 0 Å². The highest BCUT2D eigenvalue weighted by Gasteiger charge is 2.18. The van der Waals surface area contributed by atoms with Crippen molar-refractivity contribution in [2.45, 2.75) is 0 Å². The predicted molar refractivity (Wildman–Crippen MR) is 174 cm³/mol. The van der Waals surface area contributed by atoms with E-state index in [9.17, 15) is 0 Å². The molecule has 0 unspecified atom stereocenters. The Labute approximate surface area is 246 Å². The summed E-state index contributed by atoms with van der Waals surface area (Å²) in [6.07, 6.45) is 1.80. The van der Waals surface area contributed by atoms with Gasteiger partial charge in [0.1, 0.15) is 11.2 Å². The van der Waals surface area contributed by atoms with Crippen LogP contribution in [0.1, 0.15) is 0 Å². The van der Waals surface area contributed by atoms with Crippen LogP contribution in [0.15, 0.2) is 138 Å². The molecule has 43 heavy (non-hydrogen) atoms. The molecule has 0 bridgehead atoms. The van der Waals surface area contributed by atoms with Crippen molar-refractivity contribution < 1.29 is 4.42 Å². The first-order chi connectivity index (χ1) is 21.3. The van der Waals surface area contributed by atoms with Gasteiger partial charge in [-0.1, -0.05) is 97.1 Å². The Hall–Kier alpha value is -5.94. The van der Waals surface area contributed by atoms with Crippen molar-refractivity contribution in [2.75, 3.05) is 0 Å². The molecule has 0 spiro atoms. The zero-order valence-electron chi connectivity index (χ0n) is 22.9. The first-order valence-corrected chi connectivity index (χ1v) is 14.2. The minimum Gasteiger partial charge on any atom is -0.456 e. The Kier molecular flexibility index (Phi) is 5.13. The van der Waals surface area contributed by atoms with Gasteiger partial charge >= 0.3 is 0 Å². The third-order valence-electron chi connectivity index (χ3n) is 8.13. The molecule has 3 aromatic heterocycles. The van der Waals surface area contributed by atoms with Crippen LogP contribution < -0.4 is 0 Å². The average molecular weight is 551 g/mol. The second-order valence-electron chi connectivity index (χ2n) is 10.7. The summed E-state index contributed by atoms with van der Waals surface area (Å²) in [7, 11) is 0. The first-order valence-electron chi connectivity index (χ1n) is 14.2. The third kappa shape index (κ3) is 3.86. The Bertz CT molecular complexity index is 2520. The molecule has 0 aliphatic rings. The van der Waals surface area contributed by atoms with E-state index in [0.29, 0.717) is 17.5 Å². The van der Waals surface area contributed by atoms with Crippen molar-refractivity contribution in [3.8, 4) is 34.2 Å². The van der Waals surface area contributed by atoms with Crippen molar-refractivity contribution in [3.05, 3.63) is 134 Å². The topological polar surface area (TPSA) is 64.7 Å². The summed E-state index contributed by atoms with van der Waals surface area (Å²) in [6, 6.07) is 43.5. The van der Waals surface area contributed by atoms with Crippen LogP contribution in [0.4, 0.5) is 0 Å². The lowest BCUT2D eigenvalue weighted by atomic mass is 9.99. The van der Waals surface area contributed by atoms with Gasteiger partial charge in [-0.05, 0) is 45.8 Å². The lowest BCUT2D eigenvalue weighted by molar-refractivity contribution is 0.669. The molecule has 3 heterocycles. The lowest BCUT2D eigenvalue weighted by Crippen LogP contribution is -2.00. The van der Waals surface area contributed by atoms with Crippen LogP contribution in [-0.2, 0) is 0 Å². The molecule has 9 rings (SSSR count). The fourth-order valence-corrected chi connectivity index (χ4v) is 6.06. The van der Waals surface area contributed by atoms with Crippen LogP contribution in [0.5, 0.6) is 0 Å². The maximum absolute atomic E-state index is 6.33. The van der Waals surface area contributed by atoms with Gasteiger partial charge in [0.05, 0.1) is 5.52 Å². The van der Waals surface area contributed by atoms with Crippen molar-refractivity contribution in [1.82, 2.24) is 19.9 Å². The molecular formula is C38H22N4O. The van der Waals surface area contributed by atoms with Crippen LogP contribution in [0, 0.1) is 0 Å². The van der Waals surface area contributed by atoms with Crippen LogP contribution >= 0.6 is 0 Å². The van der Waals surface area contributed by atoms with Crippen molar-refractivity contribution >= 4 is 54.4 Å². The van der Waals surface area contributed by atoms with E-state index in [1.807, 2.05) is 54.6 Å². The molecule has 0 saturated carbocycles. The monoisotopic (exact) mass is 550 g/mol. The minimum absolute atomic E-state index is 0.599. The molecule has 9 aromatic rings. The van der Waals surface area contributed by atoms with Crippen molar-refractivity contribution in [3.63, 3.8) is 0 Å². The standard InChI is InChI=1S/C38H22N4O/c1-2-9-25(10-3-1)36-40-37(27-18-17-24-16-15-23-8-4-5-12-28(23)30(24)21-27)42-38(41-36)29-13-6-14-33-35(29)31-20-26-11-7-19-39-32(26)22-34(31)43-33/h1-22H. The number of hydrogen-bond acceptors (Lipinski definition) is 5.